The number of rotatable bonds is 5. The van der Waals surface area contributed by atoms with Gasteiger partial charge in [0.05, 0.1) is 0 Å². The van der Waals surface area contributed by atoms with Gasteiger partial charge in [-0.2, -0.15) is 0 Å². The van der Waals surface area contributed by atoms with Gasteiger partial charge in [-0.25, -0.2) is 0 Å². The summed E-state index contributed by atoms with van der Waals surface area (Å²) >= 11 is 0. The van der Waals surface area contributed by atoms with Gasteiger partial charge in [0.2, 0.25) is 0 Å². The second-order valence-corrected chi connectivity index (χ2v) is 13.0. The third-order valence-corrected chi connectivity index (χ3v) is 11.9. The van der Waals surface area contributed by atoms with Crippen molar-refractivity contribution in [2.45, 2.75) is 77.1 Å². The zero-order valence-corrected chi connectivity index (χ0v) is 15.2. The standard InChI is InChI=1S/C17H29NO2Si/c1-12(2)21(13(3)4,14(5)6)18-10-9-15(11-18)16-7-8-17(19)20-16/h9-14,16H,7-8H2,1-6H3. The quantitative estimate of drug-likeness (QED) is 0.573. The molecule has 1 fully saturated rings. The average Bonchev–Trinajstić information content (AvgIpc) is 2.97. The lowest BCUT2D eigenvalue weighted by molar-refractivity contribution is -0.141. The summed E-state index contributed by atoms with van der Waals surface area (Å²) < 4.78 is 7.93. The monoisotopic (exact) mass is 307 g/mol. The minimum absolute atomic E-state index is 0.0306. The summed E-state index contributed by atoms with van der Waals surface area (Å²) in [6.45, 7) is 14.2. The number of cyclic esters (lactones) is 1. The minimum Gasteiger partial charge on any atom is -0.457 e. The van der Waals surface area contributed by atoms with Crippen molar-refractivity contribution in [3.63, 3.8) is 0 Å². The summed E-state index contributed by atoms with van der Waals surface area (Å²) in [6, 6.07) is 2.15. The van der Waals surface area contributed by atoms with Crippen molar-refractivity contribution in [2.24, 2.45) is 0 Å². The van der Waals surface area contributed by atoms with Crippen LogP contribution in [0.1, 0.15) is 66.1 Å². The highest BCUT2D eigenvalue weighted by Gasteiger charge is 2.45. The van der Waals surface area contributed by atoms with E-state index in [0.717, 1.165) is 6.42 Å². The topological polar surface area (TPSA) is 31.2 Å². The largest absolute Gasteiger partial charge is 0.457 e. The molecule has 4 heteroatoms. The predicted octanol–water partition coefficient (Wildman–Crippen LogP) is 4.89. The molecule has 3 nitrogen and oxygen atoms in total. The van der Waals surface area contributed by atoms with Crippen molar-refractivity contribution in [3.8, 4) is 0 Å². The van der Waals surface area contributed by atoms with E-state index >= 15 is 0 Å². The van der Waals surface area contributed by atoms with Crippen molar-refractivity contribution in [2.75, 3.05) is 0 Å². The Kier molecular flexibility index (Phi) is 4.66. The second-order valence-electron chi connectivity index (χ2n) is 7.22. The van der Waals surface area contributed by atoms with E-state index in [2.05, 4.69) is 64.2 Å². The third kappa shape index (κ3) is 2.70. The number of esters is 1. The molecule has 0 bridgehead atoms. The van der Waals surface area contributed by atoms with Crippen LogP contribution in [0.3, 0.4) is 0 Å². The molecule has 0 radical (unpaired) electrons. The Hall–Kier alpha value is -1.03. The molecule has 1 atom stereocenters. The average molecular weight is 308 g/mol. The van der Waals surface area contributed by atoms with E-state index in [1.165, 1.54) is 5.56 Å². The van der Waals surface area contributed by atoms with Crippen molar-refractivity contribution >= 4 is 14.2 Å². The van der Waals surface area contributed by atoms with Gasteiger partial charge in [0.25, 0.3) is 0 Å². The number of hydrogen-bond donors (Lipinski definition) is 0. The molecule has 118 valence electrons. The number of hydrogen-bond acceptors (Lipinski definition) is 2. The third-order valence-electron chi connectivity index (χ3n) is 5.19. The summed E-state index contributed by atoms with van der Waals surface area (Å²) in [6.07, 6.45) is 5.83. The molecular weight excluding hydrogens is 278 g/mol. The molecule has 0 spiro atoms. The first-order chi connectivity index (χ1) is 9.80. The molecule has 0 amide bonds. The molecule has 2 rings (SSSR count). The van der Waals surface area contributed by atoms with Crippen molar-refractivity contribution < 1.29 is 9.53 Å². The maximum absolute atomic E-state index is 11.3. The summed E-state index contributed by atoms with van der Waals surface area (Å²) in [5, 5.41) is 0. The van der Waals surface area contributed by atoms with Gasteiger partial charge < -0.3 is 8.97 Å². The first kappa shape index (κ1) is 16.3. The number of aromatic nitrogens is 1. The van der Waals surface area contributed by atoms with Crippen LogP contribution < -0.4 is 0 Å². The van der Waals surface area contributed by atoms with Gasteiger partial charge in [-0.1, -0.05) is 41.5 Å². The highest BCUT2D eigenvalue weighted by molar-refractivity contribution is 6.82. The van der Waals surface area contributed by atoms with Gasteiger partial charge in [-0.3, -0.25) is 4.79 Å². The van der Waals surface area contributed by atoms with Gasteiger partial charge >= 0.3 is 5.97 Å². The molecule has 1 aliphatic rings. The molecule has 21 heavy (non-hydrogen) atoms. The molecule has 0 N–H and O–H groups in total. The van der Waals surface area contributed by atoms with Crippen LogP contribution in [0.5, 0.6) is 0 Å². The normalized spacial score (nSPS) is 19.9. The molecule has 1 unspecified atom stereocenters. The second kappa shape index (κ2) is 5.99. The van der Waals surface area contributed by atoms with Crippen LogP contribution in [0.4, 0.5) is 0 Å². The van der Waals surface area contributed by atoms with E-state index in [9.17, 15) is 4.79 Å². The molecule has 0 aliphatic carbocycles. The number of carbonyl (C=O) groups is 1. The predicted molar refractivity (Wildman–Crippen MR) is 88.9 cm³/mol. The summed E-state index contributed by atoms with van der Waals surface area (Å²) in [5.41, 5.74) is 3.18. The number of carbonyl (C=O) groups excluding carboxylic acids is 1. The number of ether oxygens (including phenoxy) is 1. The van der Waals surface area contributed by atoms with Crippen molar-refractivity contribution in [1.82, 2.24) is 4.23 Å². The highest BCUT2D eigenvalue weighted by atomic mass is 28.3. The van der Waals surface area contributed by atoms with Crippen LogP contribution in [0.25, 0.3) is 0 Å². The fraction of sp³-hybridized carbons (Fsp3) is 0.706. The summed E-state index contributed by atoms with van der Waals surface area (Å²) in [5.74, 6) is -0.0622. The van der Waals surface area contributed by atoms with Crippen LogP contribution >= 0.6 is 0 Å². The van der Waals surface area contributed by atoms with Crippen LogP contribution in [0.2, 0.25) is 16.6 Å². The first-order valence-corrected chi connectivity index (χ1v) is 10.4. The highest BCUT2D eigenvalue weighted by Crippen LogP contribution is 2.43. The zero-order valence-electron chi connectivity index (χ0n) is 14.2. The van der Waals surface area contributed by atoms with E-state index < -0.39 is 8.24 Å². The van der Waals surface area contributed by atoms with E-state index in [1.807, 2.05) is 0 Å². The Morgan fingerprint density at radius 3 is 2.14 bits per heavy atom. The number of nitrogens with zero attached hydrogens (tertiary/aromatic N) is 1. The van der Waals surface area contributed by atoms with E-state index in [-0.39, 0.29) is 12.1 Å². The first-order valence-electron chi connectivity index (χ1n) is 8.18. The Morgan fingerprint density at radius 2 is 1.71 bits per heavy atom. The molecule has 1 aromatic rings. The van der Waals surface area contributed by atoms with Gasteiger partial charge in [-0.05, 0) is 35.3 Å². The van der Waals surface area contributed by atoms with Crippen molar-refractivity contribution in [3.05, 3.63) is 24.0 Å². The van der Waals surface area contributed by atoms with Gasteiger partial charge in [0.1, 0.15) is 6.10 Å². The fourth-order valence-corrected chi connectivity index (χ4v) is 11.0. The Bertz CT molecular complexity index is 483. The lowest BCUT2D eigenvalue weighted by Gasteiger charge is -2.44. The maximum atomic E-state index is 11.3. The lowest BCUT2D eigenvalue weighted by atomic mass is 10.1. The molecule has 1 aliphatic heterocycles. The Labute approximate surface area is 129 Å². The molecular formula is C17H29NO2Si. The fourth-order valence-electron chi connectivity index (χ4n) is 4.50. The maximum Gasteiger partial charge on any atom is 0.306 e. The smallest absolute Gasteiger partial charge is 0.306 e. The van der Waals surface area contributed by atoms with Crippen LogP contribution in [-0.2, 0) is 9.53 Å². The molecule has 1 saturated heterocycles. The lowest BCUT2D eigenvalue weighted by Crippen LogP contribution is -2.51. The van der Waals surface area contributed by atoms with Gasteiger partial charge in [0.15, 0.2) is 8.24 Å². The van der Waals surface area contributed by atoms with Gasteiger partial charge in [-0.15, -0.1) is 0 Å². The summed E-state index contributed by atoms with van der Waals surface area (Å²) in [4.78, 5) is 11.3. The van der Waals surface area contributed by atoms with E-state index in [1.54, 1.807) is 0 Å². The molecule has 0 aromatic carbocycles. The van der Waals surface area contributed by atoms with Crippen LogP contribution in [-0.4, -0.2) is 18.4 Å². The Morgan fingerprint density at radius 1 is 1.14 bits per heavy atom. The molecule has 1 aromatic heterocycles. The Balaban J connectivity index is 2.38. The zero-order chi connectivity index (χ0) is 15.8. The summed E-state index contributed by atoms with van der Waals surface area (Å²) in [7, 11) is -1.67. The van der Waals surface area contributed by atoms with E-state index in [0.29, 0.717) is 23.0 Å². The van der Waals surface area contributed by atoms with Crippen molar-refractivity contribution in [1.29, 1.82) is 0 Å². The van der Waals surface area contributed by atoms with Gasteiger partial charge in [0, 0.05) is 18.2 Å². The SMILES string of the molecule is CC(C)[Si](C(C)C)(C(C)C)n1ccc(C2CCC(=O)O2)c1. The molecule has 0 saturated carbocycles. The van der Waals surface area contributed by atoms with E-state index in [4.69, 9.17) is 4.74 Å². The minimum atomic E-state index is -1.67. The molecule has 2 heterocycles. The van der Waals surface area contributed by atoms with Crippen LogP contribution in [0.15, 0.2) is 18.5 Å². The van der Waals surface area contributed by atoms with Crippen LogP contribution in [0, 0.1) is 0 Å².